The van der Waals surface area contributed by atoms with Gasteiger partial charge in [0.25, 0.3) is 0 Å². The van der Waals surface area contributed by atoms with Crippen LogP contribution >= 0.6 is 0 Å². The molecule has 1 aliphatic carbocycles. The van der Waals surface area contributed by atoms with Crippen LogP contribution in [0.25, 0.3) is 0 Å². The van der Waals surface area contributed by atoms with Gasteiger partial charge in [-0.1, -0.05) is 40.2 Å². The van der Waals surface area contributed by atoms with Crippen molar-refractivity contribution in [2.45, 2.75) is 46.5 Å². The number of esters is 1. The van der Waals surface area contributed by atoms with Gasteiger partial charge in [-0.2, -0.15) is 0 Å². The van der Waals surface area contributed by atoms with Crippen LogP contribution in [0.15, 0.2) is 12.7 Å². The highest BCUT2D eigenvalue weighted by Crippen LogP contribution is 2.51. The van der Waals surface area contributed by atoms with Crippen LogP contribution in [0.5, 0.6) is 0 Å². The van der Waals surface area contributed by atoms with Crippen molar-refractivity contribution >= 4 is 5.97 Å². The molecule has 0 spiro atoms. The lowest BCUT2D eigenvalue weighted by Crippen LogP contribution is -2.38. The Labute approximate surface area is 92.7 Å². The molecule has 1 fully saturated rings. The lowest BCUT2D eigenvalue weighted by atomic mass is 9.66. The first kappa shape index (κ1) is 12.3. The predicted octanol–water partition coefficient (Wildman–Crippen LogP) is 3.32. The Balaban J connectivity index is 2.66. The minimum absolute atomic E-state index is 0.172. The fourth-order valence-corrected chi connectivity index (χ4v) is 2.43. The number of hydrogen-bond acceptors (Lipinski definition) is 2. The van der Waals surface area contributed by atoms with Gasteiger partial charge in [-0.3, -0.25) is 0 Å². The van der Waals surface area contributed by atoms with Crippen molar-refractivity contribution < 1.29 is 9.53 Å². The minimum Gasteiger partial charge on any atom is -0.462 e. The molecule has 0 heterocycles. The monoisotopic (exact) mass is 210 g/mol. The molecule has 0 atom stereocenters. The molecule has 0 saturated heterocycles. The summed E-state index contributed by atoms with van der Waals surface area (Å²) in [6.07, 6.45) is 6.08. The van der Waals surface area contributed by atoms with Gasteiger partial charge >= 0.3 is 5.97 Å². The molecule has 0 aromatic carbocycles. The van der Waals surface area contributed by atoms with Crippen molar-refractivity contribution in [2.24, 2.45) is 10.8 Å². The Morgan fingerprint density at radius 1 is 1.40 bits per heavy atom. The van der Waals surface area contributed by atoms with Gasteiger partial charge < -0.3 is 4.74 Å². The summed E-state index contributed by atoms with van der Waals surface area (Å²) in [6.45, 7) is 10.7. The molecular weight excluding hydrogens is 188 g/mol. The summed E-state index contributed by atoms with van der Waals surface area (Å²) in [5, 5.41) is 0. The Morgan fingerprint density at radius 3 is 2.33 bits per heavy atom. The van der Waals surface area contributed by atoms with Crippen molar-refractivity contribution in [3.63, 3.8) is 0 Å². The van der Waals surface area contributed by atoms with E-state index in [1.807, 2.05) is 0 Å². The largest absolute Gasteiger partial charge is 0.462 e. The molecule has 2 heteroatoms. The number of hydrogen-bond donors (Lipinski definition) is 0. The van der Waals surface area contributed by atoms with Crippen molar-refractivity contribution in [3.8, 4) is 0 Å². The van der Waals surface area contributed by atoms with Gasteiger partial charge in [0.15, 0.2) is 0 Å². The highest BCUT2D eigenvalue weighted by atomic mass is 16.5. The van der Waals surface area contributed by atoms with Crippen molar-refractivity contribution in [1.29, 1.82) is 0 Å². The molecular formula is C13H22O2. The second-order valence-electron chi connectivity index (χ2n) is 5.55. The Morgan fingerprint density at radius 2 is 1.93 bits per heavy atom. The highest BCUT2D eigenvalue weighted by Gasteiger charge is 2.44. The zero-order valence-corrected chi connectivity index (χ0v) is 10.1. The maximum atomic E-state index is 11.1. The van der Waals surface area contributed by atoms with Gasteiger partial charge in [0.1, 0.15) is 0 Å². The van der Waals surface area contributed by atoms with Gasteiger partial charge in [0.05, 0.1) is 6.61 Å². The lowest BCUT2D eigenvalue weighted by molar-refractivity contribution is -0.144. The van der Waals surface area contributed by atoms with Crippen molar-refractivity contribution in [2.75, 3.05) is 6.61 Å². The topological polar surface area (TPSA) is 26.3 Å². The van der Waals surface area contributed by atoms with E-state index in [9.17, 15) is 4.79 Å². The van der Waals surface area contributed by atoms with E-state index in [2.05, 4.69) is 27.4 Å². The SMILES string of the molecule is C=CC(=O)OCC1(C(C)(C)C)CCCC1. The molecule has 86 valence electrons. The smallest absolute Gasteiger partial charge is 0.330 e. The van der Waals surface area contributed by atoms with Crippen LogP contribution in [0.3, 0.4) is 0 Å². The molecule has 0 aromatic heterocycles. The number of carbonyl (C=O) groups excluding carboxylic acids is 1. The lowest BCUT2D eigenvalue weighted by Gasteiger charge is -2.41. The molecule has 1 saturated carbocycles. The maximum absolute atomic E-state index is 11.1. The van der Waals surface area contributed by atoms with E-state index >= 15 is 0 Å². The van der Waals surface area contributed by atoms with E-state index in [1.165, 1.54) is 31.8 Å². The van der Waals surface area contributed by atoms with Gasteiger partial charge in [-0.05, 0) is 18.3 Å². The van der Waals surface area contributed by atoms with E-state index in [4.69, 9.17) is 4.74 Å². The fourth-order valence-electron chi connectivity index (χ4n) is 2.43. The van der Waals surface area contributed by atoms with Crippen LogP contribution in [0.2, 0.25) is 0 Å². The van der Waals surface area contributed by atoms with Crippen LogP contribution < -0.4 is 0 Å². The van der Waals surface area contributed by atoms with E-state index in [0.29, 0.717) is 6.61 Å². The second-order valence-corrected chi connectivity index (χ2v) is 5.55. The average Bonchev–Trinajstić information content (AvgIpc) is 2.62. The van der Waals surface area contributed by atoms with Gasteiger partial charge in [-0.15, -0.1) is 0 Å². The van der Waals surface area contributed by atoms with Crippen molar-refractivity contribution in [1.82, 2.24) is 0 Å². The highest BCUT2D eigenvalue weighted by molar-refractivity contribution is 5.81. The second kappa shape index (κ2) is 4.38. The normalized spacial score (nSPS) is 19.9. The zero-order valence-electron chi connectivity index (χ0n) is 10.1. The zero-order chi connectivity index (χ0) is 11.5. The summed E-state index contributed by atoms with van der Waals surface area (Å²) >= 11 is 0. The summed E-state index contributed by atoms with van der Waals surface area (Å²) in [6, 6.07) is 0. The van der Waals surface area contributed by atoms with E-state index in [0.717, 1.165) is 0 Å². The van der Waals surface area contributed by atoms with Gasteiger partial charge in [-0.25, -0.2) is 4.79 Å². The summed E-state index contributed by atoms with van der Waals surface area (Å²) in [7, 11) is 0. The first-order valence-corrected chi connectivity index (χ1v) is 5.70. The Hall–Kier alpha value is -0.790. The third kappa shape index (κ3) is 2.61. The molecule has 0 aromatic rings. The molecule has 0 aliphatic heterocycles. The first-order chi connectivity index (χ1) is 6.91. The van der Waals surface area contributed by atoms with E-state index in [-0.39, 0.29) is 16.8 Å². The standard InChI is InChI=1S/C13H22O2/c1-5-11(14)15-10-13(12(2,3)4)8-6-7-9-13/h5H,1,6-10H2,2-4H3. The third-order valence-electron chi connectivity index (χ3n) is 3.81. The summed E-state index contributed by atoms with van der Waals surface area (Å²) in [5.41, 5.74) is 0.372. The Kier molecular flexibility index (Phi) is 3.58. The molecule has 0 unspecified atom stereocenters. The number of rotatable bonds is 3. The fraction of sp³-hybridized carbons (Fsp3) is 0.769. The molecule has 0 amide bonds. The molecule has 15 heavy (non-hydrogen) atoms. The molecule has 1 aliphatic rings. The van der Waals surface area contributed by atoms with Gasteiger partial charge in [0, 0.05) is 11.5 Å². The molecule has 0 radical (unpaired) electrons. The van der Waals surface area contributed by atoms with E-state index in [1.54, 1.807) is 0 Å². The van der Waals surface area contributed by atoms with Crippen LogP contribution in [0, 0.1) is 10.8 Å². The first-order valence-electron chi connectivity index (χ1n) is 5.70. The quantitative estimate of drug-likeness (QED) is 0.527. The predicted molar refractivity (Wildman–Crippen MR) is 61.5 cm³/mol. The molecule has 0 N–H and O–H groups in total. The number of carbonyl (C=O) groups is 1. The summed E-state index contributed by atoms with van der Waals surface area (Å²) in [4.78, 5) is 11.1. The average molecular weight is 210 g/mol. The maximum Gasteiger partial charge on any atom is 0.330 e. The minimum atomic E-state index is -0.300. The summed E-state index contributed by atoms with van der Waals surface area (Å²) < 4.78 is 5.25. The Bertz CT molecular complexity index is 242. The molecule has 2 nitrogen and oxygen atoms in total. The van der Waals surface area contributed by atoms with E-state index < -0.39 is 0 Å². The molecule has 1 rings (SSSR count). The van der Waals surface area contributed by atoms with Crippen LogP contribution in [-0.4, -0.2) is 12.6 Å². The molecule has 0 bridgehead atoms. The third-order valence-corrected chi connectivity index (χ3v) is 3.81. The van der Waals surface area contributed by atoms with Crippen LogP contribution in [0.1, 0.15) is 46.5 Å². The summed E-state index contributed by atoms with van der Waals surface area (Å²) in [5.74, 6) is -0.300. The van der Waals surface area contributed by atoms with Crippen molar-refractivity contribution in [3.05, 3.63) is 12.7 Å². The van der Waals surface area contributed by atoms with Crippen LogP contribution in [-0.2, 0) is 9.53 Å². The van der Waals surface area contributed by atoms with Crippen LogP contribution in [0.4, 0.5) is 0 Å². The number of ether oxygens (including phenoxy) is 1. The van der Waals surface area contributed by atoms with Gasteiger partial charge in [0.2, 0.25) is 0 Å².